The summed E-state index contributed by atoms with van der Waals surface area (Å²) in [5.74, 6) is -0.886. The number of carbonyl (C=O) groups is 3. The summed E-state index contributed by atoms with van der Waals surface area (Å²) in [6.07, 6.45) is 82.4. The second-order valence-electron chi connectivity index (χ2n) is 22.4. The van der Waals surface area contributed by atoms with Crippen LogP contribution in [0.2, 0.25) is 0 Å². The maximum Gasteiger partial charge on any atom is 0.306 e. The van der Waals surface area contributed by atoms with Crippen LogP contribution in [0.15, 0.2) is 60.8 Å². The second kappa shape index (κ2) is 64.6. The minimum absolute atomic E-state index is 0.0803. The molecule has 0 saturated carbocycles. The number of unbranched alkanes of at least 4 members (excludes halogenated alkanes) is 40. The Bertz CT molecular complexity index is 1360. The van der Waals surface area contributed by atoms with Gasteiger partial charge in [-0.25, -0.2) is 0 Å². The highest BCUT2D eigenvalue weighted by Crippen LogP contribution is 2.17. The molecular formula is C70H126O6. The Morgan fingerprint density at radius 3 is 0.776 bits per heavy atom. The quantitative estimate of drug-likeness (QED) is 0.0261. The van der Waals surface area contributed by atoms with Crippen LogP contribution in [-0.4, -0.2) is 37.2 Å². The van der Waals surface area contributed by atoms with Crippen molar-refractivity contribution in [3.8, 4) is 0 Å². The Kier molecular flexibility index (Phi) is 62.2. The van der Waals surface area contributed by atoms with Crippen molar-refractivity contribution in [3.63, 3.8) is 0 Å². The van der Waals surface area contributed by atoms with E-state index in [1.165, 1.54) is 218 Å². The summed E-state index contributed by atoms with van der Waals surface area (Å²) in [6.45, 7) is 6.63. The highest BCUT2D eigenvalue weighted by atomic mass is 16.6. The van der Waals surface area contributed by atoms with Gasteiger partial charge < -0.3 is 14.2 Å². The van der Waals surface area contributed by atoms with E-state index in [0.717, 1.165) is 89.9 Å². The van der Waals surface area contributed by atoms with Gasteiger partial charge in [0.05, 0.1) is 0 Å². The van der Waals surface area contributed by atoms with E-state index in [9.17, 15) is 14.4 Å². The first-order chi connectivity index (χ1) is 37.5. The molecule has 0 fully saturated rings. The predicted molar refractivity (Wildman–Crippen MR) is 330 cm³/mol. The molecule has 76 heavy (non-hydrogen) atoms. The van der Waals surface area contributed by atoms with Gasteiger partial charge in [-0.3, -0.25) is 14.4 Å². The van der Waals surface area contributed by atoms with Gasteiger partial charge in [0.2, 0.25) is 0 Å². The fourth-order valence-corrected chi connectivity index (χ4v) is 9.68. The van der Waals surface area contributed by atoms with Crippen molar-refractivity contribution < 1.29 is 28.6 Å². The van der Waals surface area contributed by atoms with Crippen LogP contribution in [0.1, 0.15) is 348 Å². The van der Waals surface area contributed by atoms with Gasteiger partial charge in [0.25, 0.3) is 0 Å². The van der Waals surface area contributed by atoms with E-state index in [4.69, 9.17) is 14.2 Å². The maximum atomic E-state index is 12.9. The Hall–Kier alpha value is -2.89. The lowest BCUT2D eigenvalue weighted by atomic mass is 10.0. The van der Waals surface area contributed by atoms with Crippen LogP contribution in [0.4, 0.5) is 0 Å². The Labute approximate surface area is 472 Å². The number of carbonyl (C=O) groups excluding carboxylic acids is 3. The normalized spacial score (nSPS) is 12.4. The molecule has 0 aromatic heterocycles. The van der Waals surface area contributed by atoms with Crippen molar-refractivity contribution in [2.24, 2.45) is 0 Å². The summed E-state index contributed by atoms with van der Waals surface area (Å²) < 4.78 is 16.9. The summed E-state index contributed by atoms with van der Waals surface area (Å²) in [7, 11) is 0. The highest BCUT2D eigenvalue weighted by Gasteiger charge is 2.19. The molecule has 1 atom stereocenters. The van der Waals surface area contributed by atoms with Gasteiger partial charge in [-0.05, 0) is 109 Å². The molecule has 0 aliphatic heterocycles. The molecule has 0 aromatic rings. The molecule has 6 heteroatoms. The lowest BCUT2D eigenvalue weighted by Crippen LogP contribution is -2.30. The van der Waals surface area contributed by atoms with Crippen molar-refractivity contribution in [1.82, 2.24) is 0 Å². The van der Waals surface area contributed by atoms with Gasteiger partial charge in [0.1, 0.15) is 13.2 Å². The van der Waals surface area contributed by atoms with Crippen molar-refractivity contribution in [1.29, 1.82) is 0 Å². The number of hydrogen-bond acceptors (Lipinski definition) is 6. The molecule has 0 bridgehead atoms. The molecule has 1 unspecified atom stereocenters. The van der Waals surface area contributed by atoms with Gasteiger partial charge >= 0.3 is 17.9 Å². The fraction of sp³-hybridized carbons (Fsp3) is 0.814. The standard InChI is InChI=1S/C70H126O6/c1-4-7-10-13-16-19-22-25-27-29-31-33-34-35-36-38-39-41-43-45-48-51-54-57-60-63-69(72)75-66-67(65-74-68(71)62-59-56-53-50-47-24-21-18-15-12-9-6-3)76-70(73)64-61-58-55-52-49-46-44-42-40-37-32-30-28-26-23-20-17-14-11-8-5-2/h18,21,23,26,29-32,40,42,67H,4-17,19-20,22,24-25,27-28,33-39,41,43-66H2,1-3H3/b21-18-,26-23-,31-29-,32-30-,42-40-. The number of allylic oxidation sites excluding steroid dienone is 10. The van der Waals surface area contributed by atoms with Gasteiger partial charge in [-0.2, -0.15) is 0 Å². The number of ether oxygens (including phenoxy) is 3. The van der Waals surface area contributed by atoms with E-state index >= 15 is 0 Å². The third kappa shape index (κ3) is 62.0. The third-order valence-electron chi connectivity index (χ3n) is 14.7. The summed E-state index contributed by atoms with van der Waals surface area (Å²) in [5.41, 5.74) is 0. The van der Waals surface area contributed by atoms with Crippen molar-refractivity contribution in [3.05, 3.63) is 60.8 Å². The zero-order chi connectivity index (χ0) is 55.0. The van der Waals surface area contributed by atoms with E-state index in [1.807, 2.05) is 0 Å². The smallest absolute Gasteiger partial charge is 0.306 e. The second-order valence-corrected chi connectivity index (χ2v) is 22.4. The minimum Gasteiger partial charge on any atom is -0.462 e. The van der Waals surface area contributed by atoms with Crippen molar-refractivity contribution >= 4 is 17.9 Å². The van der Waals surface area contributed by atoms with Gasteiger partial charge in [-0.1, -0.05) is 281 Å². The topological polar surface area (TPSA) is 78.9 Å². The largest absolute Gasteiger partial charge is 0.462 e. The first kappa shape index (κ1) is 73.1. The molecular weight excluding hydrogens is 937 g/mol. The van der Waals surface area contributed by atoms with E-state index in [-0.39, 0.29) is 31.1 Å². The number of rotatable bonds is 61. The highest BCUT2D eigenvalue weighted by molar-refractivity contribution is 5.71. The van der Waals surface area contributed by atoms with Gasteiger partial charge in [0, 0.05) is 19.3 Å². The lowest BCUT2D eigenvalue weighted by Gasteiger charge is -2.18. The predicted octanol–water partition coefficient (Wildman–Crippen LogP) is 22.7. The van der Waals surface area contributed by atoms with Gasteiger partial charge in [-0.15, -0.1) is 0 Å². The molecule has 442 valence electrons. The number of esters is 3. The first-order valence-electron chi connectivity index (χ1n) is 33.3. The molecule has 0 amide bonds. The average Bonchev–Trinajstić information content (AvgIpc) is 3.42. The van der Waals surface area contributed by atoms with E-state index < -0.39 is 6.10 Å². The third-order valence-corrected chi connectivity index (χ3v) is 14.7. The molecule has 0 aliphatic rings. The zero-order valence-corrected chi connectivity index (χ0v) is 50.8. The molecule has 0 N–H and O–H groups in total. The van der Waals surface area contributed by atoms with Crippen LogP contribution in [0, 0.1) is 0 Å². The van der Waals surface area contributed by atoms with E-state index in [0.29, 0.717) is 19.3 Å². The summed E-state index contributed by atoms with van der Waals surface area (Å²) in [6, 6.07) is 0. The Morgan fingerprint density at radius 1 is 0.263 bits per heavy atom. The van der Waals surface area contributed by atoms with E-state index in [2.05, 4.69) is 81.5 Å². The van der Waals surface area contributed by atoms with Gasteiger partial charge in [0.15, 0.2) is 6.10 Å². The zero-order valence-electron chi connectivity index (χ0n) is 50.8. The monoisotopic (exact) mass is 1060 g/mol. The minimum atomic E-state index is -0.785. The molecule has 0 spiro atoms. The fourth-order valence-electron chi connectivity index (χ4n) is 9.68. The summed E-state index contributed by atoms with van der Waals surface area (Å²) in [4.78, 5) is 38.3. The molecule has 0 aromatic carbocycles. The number of hydrogen-bond donors (Lipinski definition) is 0. The van der Waals surface area contributed by atoms with Crippen molar-refractivity contribution in [2.45, 2.75) is 354 Å². The van der Waals surface area contributed by atoms with E-state index in [1.54, 1.807) is 0 Å². The van der Waals surface area contributed by atoms with Crippen LogP contribution >= 0.6 is 0 Å². The molecule has 6 nitrogen and oxygen atoms in total. The molecule has 0 aliphatic carbocycles. The Balaban J connectivity index is 4.28. The molecule has 0 rings (SSSR count). The van der Waals surface area contributed by atoms with Crippen LogP contribution in [0.5, 0.6) is 0 Å². The van der Waals surface area contributed by atoms with Crippen molar-refractivity contribution in [2.75, 3.05) is 13.2 Å². The molecule has 0 radical (unpaired) electrons. The van der Waals surface area contributed by atoms with Crippen LogP contribution in [-0.2, 0) is 28.6 Å². The van der Waals surface area contributed by atoms with Crippen LogP contribution in [0.3, 0.4) is 0 Å². The Morgan fingerprint density at radius 2 is 0.474 bits per heavy atom. The first-order valence-corrected chi connectivity index (χ1v) is 33.3. The summed E-state index contributed by atoms with van der Waals surface area (Å²) >= 11 is 0. The van der Waals surface area contributed by atoms with Crippen LogP contribution in [0.25, 0.3) is 0 Å². The maximum absolute atomic E-state index is 12.9. The SMILES string of the molecule is CCCCC/C=C\CCCCCCCC(=O)OCC(COC(=O)CCCCCCCCCCCCCCC/C=C\CCCCCCCCCC)OC(=O)CCCCCCCC/C=C\C/C=C\C/C=C\CCCCCCC. The molecule has 0 saturated heterocycles. The lowest BCUT2D eigenvalue weighted by molar-refractivity contribution is -0.167. The molecule has 0 heterocycles. The summed E-state index contributed by atoms with van der Waals surface area (Å²) in [5, 5.41) is 0. The van der Waals surface area contributed by atoms with Crippen LogP contribution < -0.4 is 0 Å². The average molecular weight is 1060 g/mol.